The Labute approximate surface area is 247 Å². The number of hydrogen-bond acceptors (Lipinski definition) is 7. The van der Waals surface area contributed by atoms with Crippen LogP contribution in [-0.2, 0) is 18.1 Å². The van der Waals surface area contributed by atoms with Crippen molar-refractivity contribution >= 4 is 23.5 Å². The van der Waals surface area contributed by atoms with Gasteiger partial charge in [0.2, 0.25) is 11.8 Å². The van der Waals surface area contributed by atoms with Crippen LogP contribution in [-0.4, -0.2) is 64.8 Å². The molecule has 1 saturated heterocycles. The standard InChI is InChI=1S/C31H33F3N6O3/c1-4-18-16-19(26(41)36-20-10-14-39(2)15-11-20)8-9-23(18)37-29-35-17-22(31(32,33)34)27(38-29)43-24-7-5-6-21-25(24)28(42)40(3)30(21)12-13-30/h5-9,16-17,20H,4,10-15H2,1-3H3,(H,36,41)(H,35,37,38). The number of carbonyl (C=O) groups excluding carboxylic acids is 2. The minimum atomic E-state index is -4.79. The quantitative estimate of drug-likeness (QED) is 0.373. The maximum atomic E-state index is 14.0. The van der Waals surface area contributed by atoms with Crippen LogP contribution in [0.3, 0.4) is 0 Å². The third kappa shape index (κ3) is 5.39. The fraction of sp³-hybridized carbons (Fsp3) is 0.419. The molecular formula is C31H33F3N6O3. The van der Waals surface area contributed by atoms with E-state index in [4.69, 9.17) is 4.74 Å². The monoisotopic (exact) mass is 594 g/mol. The zero-order valence-electron chi connectivity index (χ0n) is 24.2. The van der Waals surface area contributed by atoms with Crippen molar-refractivity contribution in [3.63, 3.8) is 0 Å². The molecule has 9 nitrogen and oxygen atoms in total. The van der Waals surface area contributed by atoms with Crippen molar-refractivity contribution in [1.82, 2.24) is 25.1 Å². The number of piperidine rings is 1. The Balaban J connectivity index is 1.26. The predicted octanol–water partition coefficient (Wildman–Crippen LogP) is 5.49. The molecule has 3 aliphatic rings. The number of benzene rings is 2. The first-order chi connectivity index (χ1) is 20.5. The number of hydrogen-bond donors (Lipinski definition) is 2. The van der Waals surface area contributed by atoms with Gasteiger partial charge in [-0.25, -0.2) is 4.98 Å². The number of ether oxygens (including phenoxy) is 1. The van der Waals surface area contributed by atoms with Gasteiger partial charge in [0.15, 0.2) is 0 Å². The van der Waals surface area contributed by atoms with Crippen LogP contribution in [0, 0.1) is 0 Å². The number of likely N-dealkylation sites (tertiary alicyclic amines) is 1. The number of rotatable bonds is 7. The molecule has 43 heavy (non-hydrogen) atoms. The number of nitrogens with one attached hydrogen (secondary N) is 2. The second kappa shape index (κ2) is 10.8. The predicted molar refractivity (Wildman–Crippen MR) is 154 cm³/mol. The summed E-state index contributed by atoms with van der Waals surface area (Å²) in [7, 11) is 3.75. The van der Waals surface area contributed by atoms with Crippen LogP contribution in [0.2, 0.25) is 0 Å². The molecule has 2 aromatic carbocycles. The van der Waals surface area contributed by atoms with Crippen molar-refractivity contribution in [3.05, 3.63) is 70.4 Å². The smallest absolute Gasteiger partial charge is 0.423 e. The van der Waals surface area contributed by atoms with E-state index in [-0.39, 0.29) is 35.1 Å². The van der Waals surface area contributed by atoms with Gasteiger partial charge >= 0.3 is 6.18 Å². The highest BCUT2D eigenvalue weighted by molar-refractivity contribution is 6.03. The summed E-state index contributed by atoms with van der Waals surface area (Å²) in [5.74, 6) is -1.27. The van der Waals surface area contributed by atoms with E-state index in [0.29, 0.717) is 23.9 Å². The average molecular weight is 595 g/mol. The SMILES string of the molecule is CCc1cc(C(=O)NC2CCN(C)CC2)ccc1Nc1ncc(C(F)(F)F)c(Oc2cccc3c2C(=O)N(C)C32CC2)n1. The number of nitrogens with zero attached hydrogens (tertiary/aromatic N) is 4. The first kappa shape index (κ1) is 28.9. The molecule has 0 bridgehead atoms. The van der Waals surface area contributed by atoms with E-state index in [2.05, 4.69) is 32.5 Å². The van der Waals surface area contributed by atoms with Crippen molar-refractivity contribution in [2.75, 3.05) is 32.5 Å². The van der Waals surface area contributed by atoms with Gasteiger partial charge in [-0.05, 0) is 87.6 Å². The molecule has 2 aliphatic heterocycles. The van der Waals surface area contributed by atoms with Crippen molar-refractivity contribution < 1.29 is 27.5 Å². The summed E-state index contributed by atoms with van der Waals surface area (Å²) in [5.41, 5.74) is 1.26. The third-order valence-electron chi connectivity index (χ3n) is 8.73. The highest BCUT2D eigenvalue weighted by Crippen LogP contribution is 2.57. The number of amides is 2. The van der Waals surface area contributed by atoms with E-state index in [1.807, 2.05) is 13.0 Å². The van der Waals surface area contributed by atoms with Crippen LogP contribution in [0.15, 0.2) is 42.6 Å². The maximum Gasteiger partial charge on any atom is 0.423 e. The van der Waals surface area contributed by atoms with Gasteiger partial charge in [-0.1, -0.05) is 19.1 Å². The first-order valence-corrected chi connectivity index (χ1v) is 14.4. The highest BCUT2D eigenvalue weighted by atomic mass is 19.4. The number of aromatic nitrogens is 2. The van der Waals surface area contributed by atoms with Crippen molar-refractivity contribution in [2.45, 2.75) is 56.8 Å². The van der Waals surface area contributed by atoms with Gasteiger partial charge in [-0.3, -0.25) is 9.59 Å². The second-order valence-corrected chi connectivity index (χ2v) is 11.5. The Kier molecular flexibility index (Phi) is 7.27. The molecular weight excluding hydrogens is 561 g/mol. The summed E-state index contributed by atoms with van der Waals surface area (Å²) in [6.07, 6.45) is -0.222. The Morgan fingerprint density at radius 2 is 1.88 bits per heavy atom. The van der Waals surface area contributed by atoms with E-state index < -0.39 is 23.2 Å². The number of alkyl halides is 3. The van der Waals surface area contributed by atoms with Gasteiger partial charge in [0.05, 0.1) is 11.1 Å². The van der Waals surface area contributed by atoms with Gasteiger partial charge < -0.3 is 25.2 Å². The molecule has 3 heterocycles. The Morgan fingerprint density at radius 1 is 1.14 bits per heavy atom. The normalized spacial score (nSPS) is 18.1. The minimum absolute atomic E-state index is 0.0162. The summed E-state index contributed by atoms with van der Waals surface area (Å²) in [4.78, 5) is 37.9. The Bertz CT molecular complexity index is 1580. The molecule has 2 N–H and O–H groups in total. The molecule has 6 rings (SSSR count). The largest absolute Gasteiger partial charge is 0.437 e. The Morgan fingerprint density at radius 3 is 2.56 bits per heavy atom. The number of aryl methyl sites for hydroxylation is 1. The molecule has 12 heteroatoms. The van der Waals surface area contributed by atoms with Crippen LogP contribution in [0.25, 0.3) is 0 Å². The lowest BCUT2D eigenvalue weighted by molar-refractivity contribution is -0.139. The van der Waals surface area contributed by atoms with Crippen molar-refractivity contribution in [3.8, 4) is 11.6 Å². The average Bonchev–Trinajstić information content (AvgIpc) is 3.76. The fourth-order valence-corrected chi connectivity index (χ4v) is 5.98. The summed E-state index contributed by atoms with van der Waals surface area (Å²) in [5, 5.41) is 6.09. The molecule has 2 amide bonds. The number of carbonyl (C=O) groups is 2. The number of fused-ring (bicyclic) bond motifs is 2. The summed E-state index contributed by atoms with van der Waals surface area (Å²) in [6.45, 7) is 3.76. The molecule has 1 aliphatic carbocycles. The molecule has 226 valence electrons. The lowest BCUT2D eigenvalue weighted by Crippen LogP contribution is -2.43. The molecule has 1 spiro atoms. The van der Waals surface area contributed by atoms with Crippen LogP contribution in [0.5, 0.6) is 11.6 Å². The zero-order chi connectivity index (χ0) is 30.5. The van der Waals surface area contributed by atoms with E-state index in [1.165, 1.54) is 6.07 Å². The van der Waals surface area contributed by atoms with E-state index in [1.54, 1.807) is 36.2 Å². The molecule has 0 radical (unpaired) electrons. The zero-order valence-corrected chi connectivity index (χ0v) is 24.2. The Hall–Kier alpha value is -4.19. The van der Waals surface area contributed by atoms with E-state index in [0.717, 1.165) is 49.9 Å². The van der Waals surface area contributed by atoms with Crippen LogP contribution >= 0.6 is 0 Å². The summed E-state index contributed by atoms with van der Waals surface area (Å²) < 4.78 is 47.7. The third-order valence-corrected chi connectivity index (χ3v) is 8.73. The lowest BCUT2D eigenvalue weighted by atomic mass is 10.0. The van der Waals surface area contributed by atoms with E-state index >= 15 is 0 Å². The molecule has 3 aromatic rings. The van der Waals surface area contributed by atoms with Crippen molar-refractivity contribution in [2.24, 2.45) is 0 Å². The van der Waals surface area contributed by atoms with Gasteiger partial charge in [-0.2, -0.15) is 18.2 Å². The van der Waals surface area contributed by atoms with Crippen LogP contribution < -0.4 is 15.4 Å². The molecule has 0 atom stereocenters. The van der Waals surface area contributed by atoms with E-state index in [9.17, 15) is 22.8 Å². The molecule has 1 aromatic heterocycles. The van der Waals surface area contributed by atoms with Gasteiger partial charge in [0.1, 0.15) is 11.3 Å². The molecule has 2 fully saturated rings. The van der Waals surface area contributed by atoms with Gasteiger partial charge in [0, 0.05) is 30.5 Å². The van der Waals surface area contributed by atoms with Crippen LogP contribution in [0.1, 0.15) is 70.0 Å². The number of halogens is 3. The van der Waals surface area contributed by atoms with Gasteiger partial charge in [-0.15, -0.1) is 0 Å². The highest BCUT2D eigenvalue weighted by Gasteiger charge is 2.57. The van der Waals surface area contributed by atoms with Gasteiger partial charge in [0.25, 0.3) is 11.8 Å². The first-order valence-electron chi connectivity index (χ1n) is 14.4. The molecule has 1 saturated carbocycles. The molecule has 0 unspecified atom stereocenters. The topological polar surface area (TPSA) is 99.7 Å². The summed E-state index contributed by atoms with van der Waals surface area (Å²) >= 11 is 0. The second-order valence-electron chi connectivity index (χ2n) is 11.5. The summed E-state index contributed by atoms with van der Waals surface area (Å²) in [6, 6.07) is 10.2. The van der Waals surface area contributed by atoms with Crippen molar-refractivity contribution in [1.29, 1.82) is 0 Å². The lowest BCUT2D eigenvalue weighted by Gasteiger charge is -2.29. The maximum absolute atomic E-state index is 14.0. The van der Waals surface area contributed by atoms with Crippen LogP contribution in [0.4, 0.5) is 24.8 Å². The fourth-order valence-electron chi connectivity index (χ4n) is 5.98. The number of anilines is 2. The minimum Gasteiger partial charge on any atom is -0.437 e.